The molecular formula is C16H18F3N5O. The Morgan fingerprint density at radius 2 is 2.04 bits per heavy atom. The fourth-order valence-electron chi connectivity index (χ4n) is 3.90. The molecule has 0 radical (unpaired) electrons. The van der Waals surface area contributed by atoms with E-state index >= 15 is 0 Å². The van der Waals surface area contributed by atoms with Crippen LogP contribution < -0.4 is 10.2 Å². The van der Waals surface area contributed by atoms with Gasteiger partial charge in [0, 0.05) is 23.8 Å². The number of carbonyl (C=O) groups is 1. The van der Waals surface area contributed by atoms with Crippen molar-refractivity contribution >= 4 is 23.1 Å². The minimum absolute atomic E-state index is 0.0218. The molecule has 1 aliphatic heterocycles. The van der Waals surface area contributed by atoms with Crippen LogP contribution in [-0.4, -0.2) is 39.3 Å². The van der Waals surface area contributed by atoms with E-state index in [4.69, 9.17) is 0 Å². The molecule has 4 rings (SSSR count). The van der Waals surface area contributed by atoms with Crippen LogP contribution in [0.15, 0.2) is 6.20 Å². The van der Waals surface area contributed by atoms with Crippen molar-refractivity contribution in [1.82, 2.24) is 14.6 Å². The van der Waals surface area contributed by atoms with Gasteiger partial charge in [-0.05, 0) is 26.2 Å². The van der Waals surface area contributed by atoms with Crippen molar-refractivity contribution in [2.75, 3.05) is 16.8 Å². The molecule has 0 bridgehead atoms. The van der Waals surface area contributed by atoms with Crippen LogP contribution >= 0.6 is 0 Å². The predicted molar refractivity (Wildman–Crippen MR) is 85.7 cm³/mol. The Hall–Kier alpha value is -2.32. The minimum Gasteiger partial charge on any atom is -0.353 e. The number of hydrogen-bond donors (Lipinski definition) is 1. The molecule has 0 spiro atoms. The molecule has 2 aliphatic rings. The van der Waals surface area contributed by atoms with E-state index in [9.17, 15) is 18.0 Å². The normalized spacial score (nSPS) is 18.2. The number of fused-ring (bicyclic) bond motifs is 3. The summed E-state index contributed by atoms with van der Waals surface area (Å²) in [4.78, 5) is 17.9. The van der Waals surface area contributed by atoms with Gasteiger partial charge in [-0.3, -0.25) is 4.79 Å². The molecular weight excluding hydrogens is 335 g/mol. The number of hydrogen-bond acceptors (Lipinski definition) is 4. The third kappa shape index (κ3) is 2.61. The Balaban J connectivity index is 1.77. The molecule has 25 heavy (non-hydrogen) atoms. The van der Waals surface area contributed by atoms with Crippen molar-refractivity contribution in [2.24, 2.45) is 0 Å². The van der Waals surface area contributed by atoms with Gasteiger partial charge in [-0.25, -0.2) is 4.98 Å². The molecule has 3 heterocycles. The molecule has 0 atom stereocenters. The fraction of sp³-hybridized carbons (Fsp3) is 0.562. The fourth-order valence-corrected chi connectivity index (χ4v) is 3.90. The number of halogens is 3. The van der Waals surface area contributed by atoms with Crippen LogP contribution in [0, 0.1) is 6.92 Å². The minimum atomic E-state index is -4.95. The first-order chi connectivity index (χ1) is 11.9. The summed E-state index contributed by atoms with van der Waals surface area (Å²) in [6.07, 6.45) is 1.74. The molecule has 1 saturated carbocycles. The van der Waals surface area contributed by atoms with Crippen molar-refractivity contribution in [2.45, 2.75) is 51.2 Å². The quantitative estimate of drug-likeness (QED) is 0.902. The highest BCUT2D eigenvalue weighted by atomic mass is 19.4. The maximum atomic E-state index is 12.5. The van der Waals surface area contributed by atoms with E-state index in [2.05, 4.69) is 15.0 Å². The summed E-state index contributed by atoms with van der Waals surface area (Å²) in [5.74, 6) is -1.11. The molecule has 0 saturated heterocycles. The summed E-state index contributed by atoms with van der Waals surface area (Å²) >= 11 is 0. The highest BCUT2D eigenvalue weighted by Gasteiger charge is 2.39. The maximum absolute atomic E-state index is 12.5. The molecule has 0 unspecified atom stereocenters. The Bertz CT molecular complexity index is 838. The Labute approximate surface area is 142 Å². The van der Waals surface area contributed by atoms with Crippen LogP contribution in [0.5, 0.6) is 0 Å². The number of anilines is 2. The SMILES string of the molecule is Cc1nc2c(NC(=O)C(F)(F)F)cnn2c2c1CCN2C1CCCC1. The number of nitrogens with zero attached hydrogens (tertiary/aromatic N) is 4. The number of rotatable bonds is 2. The standard InChI is InChI=1S/C16H18F3N5O/c1-9-11-6-7-23(10-4-2-3-5-10)14(11)24-13(21-9)12(8-20-24)22-15(25)16(17,18)19/h8,10H,2-7H2,1H3,(H,22,25). The summed E-state index contributed by atoms with van der Waals surface area (Å²) in [6.45, 7) is 2.71. The smallest absolute Gasteiger partial charge is 0.353 e. The lowest BCUT2D eigenvalue weighted by molar-refractivity contribution is -0.167. The summed E-state index contributed by atoms with van der Waals surface area (Å²) in [5.41, 5.74) is 2.08. The Morgan fingerprint density at radius 3 is 2.72 bits per heavy atom. The van der Waals surface area contributed by atoms with E-state index in [-0.39, 0.29) is 11.3 Å². The molecule has 1 aliphatic carbocycles. The van der Waals surface area contributed by atoms with Crippen LogP contribution in [0.4, 0.5) is 24.7 Å². The first kappa shape index (κ1) is 16.2. The topological polar surface area (TPSA) is 62.5 Å². The highest BCUT2D eigenvalue weighted by molar-refractivity contribution is 5.97. The lowest BCUT2D eigenvalue weighted by Crippen LogP contribution is -2.32. The van der Waals surface area contributed by atoms with Gasteiger partial charge in [0.25, 0.3) is 0 Å². The summed E-state index contributed by atoms with van der Waals surface area (Å²) in [7, 11) is 0. The number of carbonyl (C=O) groups excluding carboxylic acids is 1. The molecule has 1 N–H and O–H groups in total. The average Bonchev–Trinajstić information content (AvgIpc) is 3.24. The largest absolute Gasteiger partial charge is 0.471 e. The highest BCUT2D eigenvalue weighted by Crippen LogP contribution is 2.37. The second kappa shape index (κ2) is 5.60. The second-order valence-electron chi connectivity index (χ2n) is 6.63. The zero-order valence-electron chi connectivity index (χ0n) is 13.7. The van der Waals surface area contributed by atoms with Gasteiger partial charge in [0.2, 0.25) is 0 Å². The number of amides is 1. The lowest BCUT2D eigenvalue weighted by atomic mass is 10.2. The average molecular weight is 353 g/mol. The summed E-state index contributed by atoms with van der Waals surface area (Å²) in [6, 6.07) is 0.434. The lowest BCUT2D eigenvalue weighted by Gasteiger charge is -2.27. The Kier molecular flexibility index (Phi) is 3.62. The van der Waals surface area contributed by atoms with Crippen molar-refractivity contribution in [3.8, 4) is 0 Å². The van der Waals surface area contributed by atoms with Crippen LogP contribution in [0.2, 0.25) is 0 Å². The van der Waals surface area contributed by atoms with Crippen LogP contribution in [0.25, 0.3) is 5.65 Å². The third-order valence-corrected chi connectivity index (χ3v) is 5.07. The molecule has 1 amide bonds. The van der Waals surface area contributed by atoms with Gasteiger partial charge in [0.15, 0.2) is 5.65 Å². The van der Waals surface area contributed by atoms with Gasteiger partial charge in [0.1, 0.15) is 11.5 Å². The van der Waals surface area contributed by atoms with Gasteiger partial charge >= 0.3 is 12.1 Å². The number of aromatic nitrogens is 3. The molecule has 9 heteroatoms. The van der Waals surface area contributed by atoms with Gasteiger partial charge < -0.3 is 10.2 Å². The van der Waals surface area contributed by atoms with E-state index in [1.54, 1.807) is 4.52 Å². The predicted octanol–water partition coefficient (Wildman–Crippen LogP) is 2.84. The van der Waals surface area contributed by atoms with Crippen LogP contribution in [0.3, 0.4) is 0 Å². The monoisotopic (exact) mass is 353 g/mol. The van der Waals surface area contributed by atoms with Gasteiger partial charge in [-0.1, -0.05) is 12.8 Å². The number of alkyl halides is 3. The number of aryl methyl sites for hydroxylation is 1. The van der Waals surface area contributed by atoms with E-state index in [0.717, 1.165) is 42.9 Å². The Morgan fingerprint density at radius 1 is 1.32 bits per heavy atom. The zero-order valence-corrected chi connectivity index (χ0v) is 13.7. The molecule has 134 valence electrons. The zero-order chi connectivity index (χ0) is 17.8. The van der Waals surface area contributed by atoms with Gasteiger partial charge in [-0.2, -0.15) is 22.8 Å². The molecule has 0 aromatic carbocycles. The molecule has 2 aromatic heterocycles. The van der Waals surface area contributed by atoms with Crippen molar-refractivity contribution in [3.63, 3.8) is 0 Å². The van der Waals surface area contributed by atoms with E-state index in [1.807, 2.05) is 12.2 Å². The first-order valence-electron chi connectivity index (χ1n) is 8.38. The van der Waals surface area contributed by atoms with Crippen molar-refractivity contribution in [1.29, 1.82) is 0 Å². The van der Waals surface area contributed by atoms with Crippen LogP contribution in [0.1, 0.15) is 36.9 Å². The molecule has 2 aromatic rings. The van der Waals surface area contributed by atoms with Gasteiger partial charge in [-0.15, -0.1) is 0 Å². The van der Waals surface area contributed by atoms with Gasteiger partial charge in [0.05, 0.1) is 6.20 Å². The van der Waals surface area contributed by atoms with E-state index < -0.39 is 12.1 Å². The maximum Gasteiger partial charge on any atom is 0.471 e. The molecule has 1 fully saturated rings. The second-order valence-corrected chi connectivity index (χ2v) is 6.63. The summed E-state index contributed by atoms with van der Waals surface area (Å²) in [5, 5.41) is 6.10. The number of nitrogens with one attached hydrogen (secondary N) is 1. The van der Waals surface area contributed by atoms with Crippen LogP contribution in [-0.2, 0) is 11.2 Å². The van der Waals surface area contributed by atoms with E-state index in [1.165, 1.54) is 19.0 Å². The third-order valence-electron chi connectivity index (χ3n) is 5.07. The van der Waals surface area contributed by atoms with Crippen molar-refractivity contribution in [3.05, 3.63) is 17.5 Å². The molecule has 6 nitrogen and oxygen atoms in total. The first-order valence-corrected chi connectivity index (χ1v) is 8.38. The summed E-state index contributed by atoms with van der Waals surface area (Å²) < 4.78 is 39.2. The van der Waals surface area contributed by atoms with E-state index in [0.29, 0.717) is 6.04 Å². The van der Waals surface area contributed by atoms with Crippen molar-refractivity contribution < 1.29 is 18.0 Å².